The van der Waals surface area contributed by atoms with E-state index in [4.69, 9.17) is 38.9 Å². The van der Waals surface area contributed by atoms with Gasteiger partial charge in [-0.15, -0.1) is 11.3 Å². The van der Waals surface area contributed by atoms with E-state index in [0.717, 1.165) is 43.9 Å². The molecule has 7 N–H and O–H groups in total. The number of nitrogens with zero attached hydrogens (tertiary/aromatic N) is 8. The van der Waals surface area contributed by atoms with Crippen LogP contribution in [0.2, 0.25) is 0 Å². The average molecular weight is 1980 g/mol. The minimum atomic E-state index is -1.10. The summed E-state index contributed by atoms with van der Waals surface area (Å²) >= 11 is 1.47. The normalized spacial score (nSPS) is 15.4. The lowest BCUT2D eigenvalue weighted by atomic mass is 9.88. The lowest BCUT2D eigenvalue weighted by molar-refractivity contribution is -0.155. The second-order valence-electron chi connectivity index (χ2n) is 39.2. The minimum absolute atomic E-state index is 0.00215. The summed E-state index contributed by atoms with van der Waals surface area (Å²) in [4.78, 5) is 194. The Hall–Kier alpha value is -11.9. The van der Waals surface area contributed by atoms with Crippen LogP contribution in [0.15, 0.2) is 139 Å². The van der Waals surface area contributed by atoms with Gasteiger partial charge in [0.15, 0.2) is 11.6 Å². The molecular weight excluding hydrogens is 1830 g/mol. The zero-order chi connectivity index (χ0) is 104. The third kappa shape index (κ3) is 33.1. The van der Waals surface area contributed by atoms with Crippen LogP contribution in [0.5, 0.6) is 0 Å². The van der Waals surface area contributed by atoms with E-state index in [1.54, 1.807) is 128 Å². The van der Waals surface area contributed by atoms with Gasteiger partial charge in [-0.2, -0.15) is 0 Å². The second-order valence-corrected chi connectivity index (χ2v) is 40.2. The van der Waals surface area contributed by atoms with E-state index in [-0.39, 0.29) is 183 Å². The molecule has 142 heavy (non-hydrogen) atoms. The summed E-state index contributed by atoms with van der Waals surface area (Å²) in [7, 11) is 9.57. The number of rotatable bonds is 58. The number of carbonyl (C=O) groups excluding carboxylic acids is 13. The van der Waals surface area contributed by atoms with Gasteiger partial charge < -0.3 is 79.8 Å². The summed E-state index contributed by atoms with van der Waals surface area (Å²) in [6, 6.07) is 32.2. The van der Waals surface area contributed by atoms with E-state index >= 15 is 4.79 Å². The maximum absolute atomic E-state index is 15.0. The number of amides is 10. The molecule has 0 bridgehead atoms. The number of Topliss-reactive ketones (excluding diaryl/α,β-unsaturated/α-hetero) is 3. The van der Waals surface area contributed by atoms with Crippen LogP contribution in [0, 0.1) is 35.5 Å². The highest BCUT2D eigenvalue weighted by molar-refractivity contribution is 7.09. The topological polar surface area (TPSA) is 420 Å². The summed E-state index contributed by atoms with van der Waals surface area (Å²) < 4.78 is 43.1. The van der Waals surface area contributed by atoms with Crippen molar-refractivity contribution in [1.29, 1.82) is 0 Å². The van der Waals surface area contributed by atoms with Crippen molar-refractivity contribution >= 4 is 99.3 Å². The minimum Gasteiger partial charge on any atom is -0.460 e. The van der Waals surface area contributed by atoms with Gasteiger partial charge >= 0.3 is 24.2 Å². The predicted molar refractivity (Wildman–Crippen MR) is 541 cm³/mol. The summed E-state index contributed by atoms with van der Waals surface area (Å²) in [6.07, 6.45) is 3.19. The number of nitrogens with two attached hydrogens (primary N) is 1. The molecular formula is C107H150N14O20S. The number of aromatic nitrogens is 3. The highest BCUT2D eigenvalue weighted by Gasteiger charge is 2.45. The van der Waals surface area contributed by atoms with Gasteiger partial charge in [0.1, 0.15) is 47.3 Å². The molecule has 1 aliphatic heterocycles. The third-order valence-corrected chi connectivity index (χ3v) is 27.6. The van der Waals surface area contributed by atoms with Crippen LogP contribution in [0.1, 0.15) is 217 Å². The van der Waals surface area contributed by atoms with Gasteiger partial charge in [-0.1, -0.05) is 172 Å². The van der Waals surface area contributed by atoms with E-state index in [0.29, 0.717) is 49.0 Å². The zero-order valence-corrected chi connectivity index (χ0v) is 86.7. The highest BCUT2D eigenvalue weighted by Crippen LogP contribution is 2.45. The van der Waals surface area contributed by atoms with Crippen molar-refractivity contribution in [2.45, 2.75) is 265 Å². The van der Waals surface area contributed by atoms with E-state index in [1.165, 1.54) is 35.4 Å². The number of aryl methyl sites for hydroxylation is 1. The van der Waals surface area contributed by atoms with Crippen LogP contribution in [0.3, 0.4) is 0 Å². The van der Waals surface area contributed by atoms with Gasteiger partial charge in [0, 0.05) is 148 Å². The van der Waals surface area contributed by atoms with Gasteiger partial charge in [0.25, 0.3) is 0 Å². The number of hydrazine groups is 1. The van der Waals surface area contributed by atoms with Crippen molar-refractivity contribution in [2.75, 3.05) is 88.5 Å². The molecule has 3 aromatic heterocycles. The standard InChI is InChI=1S/C107H150N14O20S/c1-19-70(8)96(90(135-17)63-92(126)121-52-29-39-87(121)97(136-18)71(9)99(128)114-86(102-110-51-58-142-102)59-72-31-21-20-22-32-72)117(14)103(131)94(68(4)5)115-101(130)95(69(6)7)118(15)105(133)139-65-74-43-41-73(42-44-74)60-89(124)84(38-28-50-111-104(108)132)113-100(129)82(67(2)3)62-77(122)48-55-138-57-56-137-54-30-40-88(123)85(45-46-93(127)141-107(10,11)12)112-91(125)47-53-120-76(61-75-33-27-49-109-98(75)120)64-116(13)119(16)106(134)140-66-83-80-36-25-23-34-78(80)79-35-24-26-37-81(79)83/h20-27,31-37,41-44,49,51,58,61,67-71,82-87,90,94-97H,19,28-30,38-40,45-48,50,52-57,59-60,62-66H2,1-18H3,(H,112,125)(H,113,129)(H,114,128)(H,115,130)(H3,108,111,132)/t70-,71+,82-,84-,85-,86-,87-,90+,94-,95-,96-,97+/m0/s1. The number of benzene rings is 4. The first-order valence-electron chi connectivity index (χ1n) is 49.7. The van der Waals surface area contributed by atoms with Crippen molar-refractivity contribution in [3.8, 4) is 11.1 Å². The number of carbonyl (C=O) groups is 13. The van der Waals surface area contributed by atoms with E-state index < -0.39 is 126 Å². The first-order valence-corrected chi connectivity index (χ1v) is 50.5. The Morgan fingerprint density at radius 1 is 0.620 bits per heavy atom. The number of thiazole rings is 1. The fourth-order valence-electron chi connectivity index (χ4n) is 18.7. The van der Waals surface area contributed by atoms with E-state index in [2.05, 4.69) is 60.8 Å². The molecule has 0 unspecified atom stereocenters. The van der Waals surface area contributed by atoms with Crippen molar-refractivity contribution < 1.29 is 95.5 Å². The molecule has 34 nitrogen and oxygen atoms in total. The molecule has 9 rings (SSSR count). The molecule has 0 spiro atoms. The maximum atomic E-state index is 15.0. The molecule has 12 atom stereocenters. The zero-order valence-electron chi connectivity index (χ0n) is 85.9. The summed E-state index contributed by atoms with van der Waals surface area (Å²) in [5.41, 5.74) is 12.6. The van der Waals surface area contributed by atoms with Crippen molar-refractivity contribution in [3.05, 3.63) is 178 Å². The number of likely N-dealkylation sites (tertiary alicyclic amines) is 1. The van der Waals surface area contributed by atoms with Crippen LogP contribution >= 0.6 is 11.3 Å². The third-order valence-electron chi connectivity index (χ3n) is 26.7. The number of ketones is 3. The molecule has 0 radical (unpaired) electrons. The van der Waals surface area contributed by atoms with Crippen LogP contribution in [0.4, 0.5) is 14.4 Å². The van der Waals surface area contributed by atoms with Crippen molar-refractivity contribution in [1.82, 2.24) is 65.8 Å². The van der Waals surface area contributed by atoms with Crippen LogP contribution in [0.25, 0.3) is 22.2 Å². The quantitative estimate of drug-likeness (QED) is 0.00892. The van der Waals surface area contributed by atoms with Gasteiger partial charge in [0.2, 0.25) is 35.4 Å². The Morgan fingerprint density at radius 2 is 1.28 bits per heavy atom. The lowest BCUT2D eigenvalue weighted by Gasteiger charge is -2.41. The molecule has 7 aromatic rings. The summed E-state index contributed by atoms with van der Waals surface area (Å²) in [5, 5.41) is 21.1. The number of ether oxygens (including phenoxy) is 7. The summed E-state index contributed by atoms with van der Waals surface area (Å²) in [5.74, 6) is -6.80. The fraction of sp³-hybridized carbons (Fsp3) is 0.561. The van der Waals surface area contributed by atoms with Gasteiger partial charge in [0.05, 0.1) is 81.1 Å². The second kappa shape index (κ2) is 55.7. The van der Waals surface area contributed by atoms with Crippen LogP contribution in [-0.2, 0) is 114 Å². The fourth-order valence-corrected chi connectivity index (χ4v) is 19.3. The number of nitrogens with one attached hydrogen (secondary N) is 5. The van der Waals surface area contributed by atoms with Crippen LogP contribution < -0.4 is 32.3 Å². The SMILES string of the molecule is CC[C@H](C)[C@@H]([C@@H](CC(=O)N1CCC[C@H]1[C@H](OC)[C@@H](C)C(=O)N[C@@H](Cc1ccccc1)c1nccs1)OC)N(C)C(=O)[C@@H](NC(=O)[C@H](C(C)C)N(C)C(=O)OCc1ccc(CC(=O)[C@H](CCCNC(N)=O)NC(=O)[C@@H](CC(=O)CCOCCOCCCC(=O)[C@H](CCC(=O)OC(C)(C)C)NC(=O)CCn2c(CN(C)N(C)C(=O)OCC3c4ccccc4-c4ccccc43)cc3cccnc32)C(C)C)cc1)C(C)C. The number of likely N-dealkylation sites (N-methyl/N-ethyl adjacent to an activating group) is 2. The Bertz CT molecular complexity index is 5280. The molecule has 4 aromatic carbocycles. The molecule has 10 amide bonds. The average Bonchev–Trinajstić information content (AvgIpc) is 1.62. The Morgan fingerprint density at radius 3 is 1.91 bits per heavy atom. The van der Waals surface area contributed by atoms with E-state index in [9.17, 15) is 57.5 Å². The molecule has 4 heterocycles. The summed E-state index contributed by atoms with van der Waals surface area (Å²) in [6.45, 7) is 23.1. The Kier molecular flexibility index (Phi) is 44.6. The van der Waals surface area contributed by atoms with Gasteiger partial charge in [-0.3, -0.25) is 52.8 Å². The number of esters is 1. The van der Waals surface area contributed by atoms with Gasteiger partial charge in [-0.05, 0) is 147 Å². The predicted octanol–water partition coefficient (Wildman–Crippen LogP) is 13.2. The highest BCUT2D eigenvalue weighted by atomic mass is 32.1. The van der Waals surface area contributed by atoms with Gasteiger partial charge in [-0.25, -0.2) is 34.4 Å². The lowest BCUT2D eigenvalue weighted by Crippen LogP contribution is -2.60. The molecule has 1 saturated heterocycles. The smallest absolute Gasteiger partial charge is 0.424 e. The molecule has 1 aliphatic carbocycles. The molecule has 0 saturated carbocycles. The molecule has 774 valence electrons. The molecule has 1 fully saturated rings. The number of hydrogen-bond donors (Lipinski definition) is 6. The Balaban J connectivity index is 0.706. The number of pyridine rings is 1. The first kappa shape index (κ1) is 114. The number of hydrogen-bond acceptors (Lipinski definition) is 24. The molecule has 2 aliphatic rings. The number of fused-ring (bicyclic) bond motifs is 4. The monoisotopic (exact) mass is 1980 g/mol. The number of primary amides is 1. The van der Waals surface area contributed by atoms with Crippen LogP contribution in [-0.4, -0.2) is 259 Å². The number of urea groups is 1. The van der Waals surface area contributed by atoms with Crippen molar-refractivity contribution in [2.24, 2.45) is 41.2 Å². The van der Waals surface area contributed by atoms with E-state index in [1.807, 2.05) is 117 Å². The first-order chi connectivity index (χ1) is 67.7. The molecule has 35 heteroatoms. The maximum Gasteiger partial charge on any atom is 0.424 e. The Labute approximate surface area is 839 Å². The largest absolute Gasteiger partial charge is 0.460 e. The van der Waals surface area contributed by atoms with Crippen molar-refractivity contribution in [3.63, 3.8) is 0 Å². The number of methoxy groups -OCH3 is 2.